The van der Waals surface area contributed by atoms with E-state index in [1.165, 1.54) is 7.11 Å². The summed E-state index contributed by atoms with van der Waals surface area (Å²) >= 11 is 6.08. The van der Waals surface area contributed by atoms with Crippen LogP contribution in [-0.2, 0) is 0 Å². The molecule has 31 heavy (non-hydrogen) atoms. The summed E-state index contributed by atoms with van der Waals surface area (Å²) in [6, 6.07) is 14.4. The van der Waals surface area contributed by atoms with E-state index in [0.717, 1.165) is 22.2 Å². The highest BCUT2D eigenvalue weighted by molar-refractivity contribution is 6.31. The number of aryl methyl sites for hydroxylation is 2. The van der Waals surface area contributed by atoms with Crippen molar-refractivity contribution in [1.29, 1.82) is 0 Å². The van der Waals surface area contributed by atoms with E-state index in [-0.39, 0.29) is 5.91 Å². The van der Waals surface area contributed by atoms with Crippen molar-refractivity contribution in [2.75, 3.05) is 19.5 Å². The maximum absolute atomic E-state index is 13.0. The molecule has 0 aliphatic heterocycles. The van der Waals surface area contributed by atoms with Crippen molar-refractivity contribution in [1.82, 2.24) is 14.8 Å². The summed E-state index contributed by atoms with van der Waals surface area (Å²) in [6.07, 6.45) is 0. The number of amides is 1. The van der Waals surface area contributed by atoms with Gasteiger partial charge in [-0.2, -0.15) is 9.78 Å². The molecule has 0 atom stereocenters. The molecule has 158 valence electrons. The van der Waals surface area contributed by atoms with Crippen LogP contribution >= 0.6 is 11.6 Å². The van der Waals surface area contributed by atoms with Crippen LogP contribution in [0.4, 0.5) is 5.82 Å². The van der Waals surface area contributed by atoms with E-state index in [4.69, 9.17) is 26.1 Å². The van der Waals surface area contributed by atoms with E-state index in [1.54, 1.807) is 36.1 Å². The average molecular weight is 437 g/mol. The largest absolute Gasteiger partial charge is 0.496 e. The van der Waals surface area contributed by atoms with Crippen LogP contribution in [-0.4, -0.2) is 34.9 Å². The van der Waals surface area contributed by atoms with Gasteiger partial charge in [-0.15, -0.1) is 0 Å². The molecule has 7 nitrogen and oxygen atoms in total. The summed E-state index contributed by atoms with van der Waals surface area (Å²) in [7, 11) is 3.12. The monoisotopic (exact) mass is 436 g/mol. The maximum Gasteiger partial charge on any atom is 0.260 e. The van der Waals surface area contributed by atoms with Crippen LogP contribution in [0.15, 0.2) is 48.5 Å². The molecule has 2 aromatic carbocycles. The molecule has 1 amide bonds. The van der Waals surface area contributed by atoms with Crippen molar-refractivity contribution in [3.8, 4) is 17.3 Å². The summed E-state index contributed by atoms with van der Waals surface area (Å²) in [5.41, 5.74) is 2.79. The van der Waals surface area contributed by atoms with E-state index < -0.39 is 0 Å². The molecule has 0 unspecified atom stereocenters. The van der Waals surface area contributed by atoms with Crippen LogP contribution in [0.25, 0.3) is 16.7 Å². The number of para-hydroxylation sites is 1. The fourth-order valence-electron chi connectivity index (χ4n) is 3.45. The topological polar surface area (TPSA) is 78.3 Å². The quantitative estimate of drug-likeness (QED) is 0.478. The van der Waals surface area contributed by atoms with Gasteiger partial charge in [0.25, 0.3) is 5.91 Å². The number of ether oxygens (including phenoxy) is 2. The average Bonchev–Trinajstić information content (AvgIpc) is 3.13. The van der Waals surface area contributed by atoms with Gasteiger partial charge in [0.15, 0.2) is 5.82 Å². The second-order valence-corrected chi connectivity index (χ2v) is 7.47. The number of benzene rings is 2. The Balaban J connectivity index is 1.78. The van der Waals surface area contributed by atoms with Crippen LogP contribution in [0, 0.1) is 13.8 Å². The van der Waals surface area contributed by atoms with Crippen LogP contribution in [0.3, 0.4) is 0 Å². The number of nitrogens with one attached hydrogen (secondary N) is 1. The molecule has 0 aliphatic rings. The summed E-state index contributed by atoms with van der Waals surface area (Å²) in [5, 5.41) is 8.85. The van der Waals surface area contributed by atoms with Gasteiger partial charge in [0.2, 0.25) is 0 Å². The van der Waals surface area contributed by atoms with Gasteiger partial charge in [0.1, 0.15) is 22.8 Å². The van der Waals surface area contributed by atoms with Gasteiger partial charge in [-0.3, -0.25) is 4.79 Å². The lowest BCUT2D eigenvalue weighted by Crippen LogP contribution is -2.16. The number of carbonyl (C=O) groups excluding carboxylic acids is 1. The molecule has 0 aliphatic carbocycles. The molecule has 1 N–H and O–H groups in total. The highest BCUT2D eigenvalue weighted by Gasteiger charge is 2.18. The van der Waals surface area contributed by atoms with Gasteiger partial charge in [0, 0.05) is 16.5 Å². The van der Waals surface area contributed by atoms with E-state index >= 15 is 0 Å². The summed E-state index contributed by atoms with van der Waals surface area (Å²) in [5.74, 6) is 1.77. The number of carbonyl (C=O) groups is 1. The van der Waals surface area contributed by atoms with E-state index in [1.807, 2.05) is 38.1 Å². The predicted octanol–water partition coefficient (Wildman–Crippen LogP) is 4.96. The lowest BCUT2D eigenvalue weighted by atomic mass is 10.1. The first kappa shape index (κ1) is 20.7. The van der Waals surface area contributed by atoms with Gasteiger partial charge in [-0.05, 0) is 49.7 Å². The number of hydrogen-bond acceptors (Lipinski definition) is 5. The zero-order valence-corrected chi connectivity index (χ0v) is 18.3. The number of fused-ring (bicyclic) bond motifs is 1. The summed E-state index contributed by atoms with van der Waals surface area (Å²) in [6.45, 7) is 3.85. The Kier molecular flexibility index (Phi) is 5.52. The summed E-state index contributed by atoms with van der Waals surface area (Å²) in [4.78, 5) is 17.7. The lowest BCUT2D eigenvalue weighted by Gasteiger charge is -2.13. The van der Waals surface area contributed by atoms with E-state index in [2.05, 4.69) is 10.4 Å². The molecule has 0 fully saturated rings. The number of pyridine rings is 1. The first-order valence-corrected chi connectivity index (χ1v) is 9.95. The second kappa shape index (κ2) is 8.28. The highest BCUT2D eigenvalue weighted by atomic mass is 35.5. The third kappa shape index (κ3) is 3.92. The van der Waals surface area contributed by atoms with Crippen molar-refractivity contribution in [2.24, 2.45) is 0 Å². The lowest BCUT2D eigenvalue weighted by molar-refractivity contribution is 0.102. The molecule has 0 saturated carbocycles. The molecule has 0 radical (unpaired) electrons. The normalized spacial score (nSPS) is 10.9. The number of anilines is 1. The Morgan fingerprint density at radius 3 is 2.55 bits per heavy atom. The van der Waals surface area contributed by atoms with Crippen LogP contribution in [0.5, 0.6) is 11.5 Å². The van der Waals surface area contributed by atoms with Crippen LogP contribution in [0.2, 0.25) is 5.02 Å². The minimum absolute atomic E-state index is 0.324. The molecule has 8 heteroatoms. The third-order valence-corrected chi connectivity index (χ3v) is 5.15. The fourth-order valence-corrected chi connectivity index (χ4v) is 3.62. The summed E-state index contributed by atoms with van der Waals surface area (Å²) < 4.78 is 12.4. The third-order valence-electron chi connectivity index (χ3n) is 4.91. The molecule has 4 aromatic rings. The number of halogens is 1. The van der Waals surface area contributed by atoms with Crippen LogP contribution in [0.1, 0.15) is 21.6 Å². The zero-order valence-electron chi connectivity index (χ0n) is 17.6. The van der Waals surface area contributed by atoms with Gasteiger partial charge < -0.3 is 14.8 Å². The number of hydrogen-bond donors (Lipinski definition) is 1. The first-order chi connectivity index (χ1) is 14.9. The van der Waals surface area contributed by atoms with Crippen molar-refractivity contribution in [2.45, 2.75) is 13.8 Å². The van der Waals surface area contributed by atoms with Crippen molar-refractivity contribution >= 4 is 34.2 Å². The Bertz CT molecular complexity index is 1300. The first-order valence-electron chi connectivity index (χ1n) is 9.57. The van der Waals surface area contributed by atoms with Crippen molar-refractivity contribution in [3.63, 3.8) is 0 Å². The number of nitrogens with zero attached hydrogens (tertiary/aromatic N) is 3. The van der Waals surface area contributed by atoms with E-state index in [9.17, 15) is 4.79 Å². The van der Waals surface area contributed by atoms with Gasteiger partial charge in [-0.25, -0.2) is 4.98 Å². The predicted molar refractivity (Wildman–Crippen MR) is 121 cm³/mol. The number of aromatic nitrogens is 3. The molecular weight excluding hydrogens is 416 g/mol. The number of methoxy groups -OCH3 is 2. The van der Waals surface area contributed by atoms with Crippen LogP contribution < -0.4 is 14.8 Å². The molecule has 0 saturated heterocycles. The van der Waals surface area contributed by atoms with E-state index in [0.29, 0.717) is 33.7 Å². The highest BCUT2D eigenvalue weighted by Crippen LogP contribution is 2.29. The number of rotatable bonds is 5. The second-order valence-electron chi connectivity index (χ2n) is 7.04. The Morgan fingerprint density at radius 2 is 1.81 bits per heavy atom. The molecule has 2 aromatic heterocycles. The smallest absolute Gasteiger partial charge is 0.260 e. The zero-order chi connectivity index (χ0) is 22.1. The Morgan fingerprint density at radius 1 is 1.03 bits per heavy atom. The van der Waals surface area contributed by atoms with Gasteiger partial charge in [0.05, 0.1) is 25.5 Å². The van der Waals surface area contributed by atoms with Crippen molar-refractivity contribution in [3.05, 3.63) is 70.4 Å². The van der Waals surface area contributed by atoms with Crippen molar-refractivity contribution < 1.29 is 14.3 Å². The minimum atomic E-state index is -0.365. The molecular formula is C23H21ClN4O3. The molecule has 4 rings (SSSR count). The molecule has 0 spiro atoms. The van der Waals surface area contributed by atoms with Gasteiger partial charge in [-0.1, -0.05) is 23.7 Å². The Hall–Kier alpha value is -3.58. The standard InChI is InChI=1S/C23H21ClN4O3/c1-13-10-20(25-22-16(13)6-5-7-19(22)31-4)28-21(11-14(2)27-28)26-23(29)17-12-15(24)8-9-18(17)30-3/h5-12H,1-4H3,(H,26,29). The minimum Gasteiger partial charge on any atom is -0.496 e. The maximum atomic E-state index is 13.0. The fraction of sp³-hybridized carbons (Fsp3) is 0.174. The molecule has 0 bridgehead atoms. The molecule has 2 heterocycles. The Labute approximate surface area is 184 Å². The van der Waals surface area contributed by atoms with Gasteiger partial charge >= 0.3 is 0 Å². The SMILES string of the molecule is COc1ccc(Cl)cc1C(=O)Nc1cc(C)nn1-c1cc(C)c2cccc(OC)c2n1.